The molecule has 9 nitrogen and oxygen atoms in total. The Morgan fingerprint density at radius 1 is 1.25 bits per heavy atom. The molecule has 1 aromatic heterocycles. The number of ether oxygens (including phenoxy) is 1. The Labute approximate surface area is 144 Å². The summed E-state index contributed by atoms with van der Waals surface area (Å²) < 4.78 is 6.49. The Morgan fingerprint density at radius 2 is 1.92 bits per heavy atom. The zero-order chi connectivity index (χ0) is 18.3. The van der Waals surface area contributed by atoms with Crippen LogP contribution in [0, 0.1) is 0 Å². The van der Waals surface area contributed by atoms with E-state index in [0.717, 1.165) is 11.8 Å². The summed E-state index contributed by atoms with van der Waals surface area (Å²) in [6.45, 7) is 7.28. The van der Waals surface area contributed by atoms with E-state index in [9.17, 15) is 14.4 Å². The second kappa shape index (κ2) is 9.26. The molecule has 0 unspecified atom stereocenters. The van der Waals surface area contributed by atoms with E-state index < -0.39 is 17.2 Å². The standard InChI is InChI=1S/C14H23N5O4S/c1-6-23-11(20)7-10-17-18-14(19(10)5)24-9(4)12(21)16-13(22)15-8(2)3/h8-9H,6-7H2,1-5H3,(H2,15,16,21,22)/t9-/m0/s1. The average molecular weight is 357 g/mol. The molecule has 134 valence electrons. The zero-order valence-corrected chi connectivity index (χ0v) is 15.3. The molecule has 0 aromatic carbocycles. The third-order valence-corrected chi connectivity index (χ3v) is 3.97. The Hall–Kier alpha value is -2.10. The van der Waals surface area contributed by atoms with Crippen molar-refractivity contribution < 1.29 is 19.1 Å². The highest BCUT2D eigenvalue weighted by Gasteiger charge is 2.21. The second-order valence-corrected chi connectivity index (χ2v) is 6.63. The number of thioether (sulfide) groups is 1. The van der Waals surface area contributed by atoms with Crippen LogP contribution in [0.1, 0.15) is 33.5 Å². The molecular weight excluding hydrogens is 334 g/mol. The van der Waals surface area contributed by atoms with Gasteiger partial charge < -0.3 is 14.6 Å². The molecule has 0 aliphatic rings. The molecule has 24 heavy (non-hydrogen) atoms. The molecule has 0 spiro atoms. The van der Waals surface area contributed by atoms with Crippen molar-refractivity contribution in [3.63, 3.8) is 0 Å². The molecule has 0 saturated carbocycles. The van der Waals surface area contributed by atoms with Gasteiger partial charge in [0.2, 0.25) is 5.91 Å². The topological polar surface area (TPSA) is 115 Å². The van der Waals surface area contributed by atoms with Crippen LogP contribution in [0.2, 0.25) is 0 Å². The van der Waals surface area contributed by atoms with Gasteiger partial charge in [0.25, 0.3) is 0 Å². The van der Waals surface area contributed by atoms with Crippen molar-refractivity contribution in [3.8, 4) is 0 Å². The SMILES string of the molecule is CCOC(=O)Cc1nnc(S[C@@H](C)C(=O)NC(=O)NC(C)C)n1C. The average Bonchev–Trinajstić information content (AvgIpc) is 2.79. The van der Waals surface area contributed by atoms with Crippen molar-refractivity contribution in [3.05, 3.63) is 5.82 Å². The molecule has 0 radical (unpaired) electrons. The van der Waals surface area contributed by atoms with E-state index in [1.807, 2.05) is 0 Å². The van der Waals surface area contributed by atoms with Crippen molar-refractivity contribution in [1.29, 1.82) is 0 Å². The quantitative estimate of drug-likeness (QED) is 0.543. The minimum absolute atomic E-state index is 0.00920. The number of hydrogen-bond acceptors (Lipinski definition) is 7. The van der Waals surface area contributed by atoms with Gasteiger partial charge in [-0.2, -0.15) is 0 Å². The number of amides is 3. The fourth-order valence-electron chi connectivity index (χ4n) is 1.67. The lowest BCUT2D eigenvalue weighted by atomic mass is 10.4. The third-order valence-electron chi connectivity index (χ3n) is 2.84. The molecule has 10 heteroatoms. The van der Waals surface area contributed by atoms with Crippen LogP contribution < -0.4 is 10.6 Å². The predicted octanol–water partition coefficient (Wildman–Crippen LogP) is 0.635. The molecule has 0 aliphatic heterocycles. The molecule has 1 rings (SSSR count). The maximum Gasteiger partial charge on any atom is 0.321 e. The molecule has 3 amide bonds. The lowest BCUT2D eigenvalue weighted by Gasteiger charge is -2.13. The fourth-order valence-corrected chi connectivity index (χ4v) is 2.50. The van der Waals surface area contributed by atoms with Crippen LogP contribution in [0.25, 0.3) is 0 Å². The van der Waals surface area contributed by atoms with Crippen LogP contribution in [0.15, 0.2) is 5.16 Å². The molecule has 0 saturated heterocycles. The summed E-state index contributed by atoms with van der Waals surface area (Å²) in [5, 5.41) is 12.7. The van der Waals surface area contributed by atoms with E-state index in [1.54, 1.807) is 39.3 Å². The van der Waals surface area contributed by atoms with Gasteiger partial charge in [0.15, 0.2) is 5.16 Å². The van der Waals surface area contributed by atoms with Gasteiger partial charge in [0.05, 0.1) is 11.9 Å². The number of aromatic nitrogens is 3. The summed E-state index contributed by atoms with van der Waals surface area (Å²) in [5.74, 6) is -0.380. The molecule has 2 N–H and O–H groups in total. The second-order valence-electron chi connectivity index (χ2n) is 5.32. The number of rotatable bonds is 7. The van der Waals surface area contributed by atoms with Gasteiger partial charge in [-0.3, -0.25) is 14.9 Å². The van der Waals surface area contributed by atoms with Crippen molar-refractivity contribution in [2.75, 3.05) is 6.61 Å². The predicted molar refractivity (Wildman–Crippen MR) is 88.5 cm³/mol. The molecule has 1 heterocycles. The normalized spacial score (nSPS) is 11.9. The summed E-state index contributed by atoms with van der Waals surface area (Å²) in [4.78, 5) is 35.0. The van der Waals surface area contributed by atoms with Crippen LogP contribution in [0.5, 0.6) is 0 Å². The number of carbonyl (C=O) groups excluding carboxylic acids is 3. The first-order valence-corrected chi connectivity index (χ1v) is 8.44. The maximum atomic E-state index is 12.0. The molecule has 0 fully saturated rings. The largest absolute Gasteiger partial charge is 0.466 e. The van der Waals surface area contributed by atoms with Crippen LogP contribution >= 0.6 is 11.8 Å². The number of hydrogen-bond donors (Lipinski definition) is 2. The zero-order valence-electron chi connectivity index (χ0n) is 14.5. The van der Waals surface area contributed by atoms with Crippen LogP contribution in [-0.2, 0) is 27.8 Å². The first kappa shape index (κ1) is 19.9. The van der Waals surface area contributed by atoms with E-state index in [2.05, 4.69) is 20.8 Å². The first-order valence-electron chi connectivity index (χ1n) is 7.56. The van der Waals surface area contributed by atoms with Crippen LogP contribution in [0.4, 0.5) is 4.79 Å². The molecule has 0 aliphatic carbocycles. The Bertz CT molecular complexity index is 602. The van der Waals surface area contributed by atoms with E-state index in [0.29, 0.717) is 17.6 Å². The van der Waals surface area contributed by atoms with Crippen LogP contribution in [0.3, 0.4) is 0 Å². The molecule has 1 aromatic rings. The number of nitrogens with one attached hydrogen (secondary N) is 2. The van der Waals surface area contributed by atoms with E-state index >= 15 is 0 Å². The number of esters is 1. The summed E-state index contributed by atoms with van der Waals surface area (Å²) in [6.07, 6.45) is 0.00920. The van der Waals surface area contributed by atoms with Gasteiger partial charge in [0.1, 0.15) is 12.2 Å². The smallest absolute Gasteiger partial charge is 0.321 e. The number of imide groups is 1. The fraction of sp³-hybridized carbons (Fsp3) is 0.643. The highest BCUT2D eigenvalue weighted by atomic mass is 32.2. The monoisotopic (exact) mass is 357 g/mol. The van der Waals surface area contributed by atoms with Gasteiger partial charge in [-0.15, -0.1) is 10.2 Å². The van der Waals surface area contributed by atoms with Crippen molar-refractivity contribution in [2.24, 2.45) is 7.05 Å². The Balaban J connectivity index is 2.62. The number of urea groups is 1. The molecule has 1 atom stereocenters. The summed E-state index contributed by atoms with van der Waals surface area (Å²) >= 11 is 1.15. The summed E-state index contributed by atoms with van der Waals surface area (Å²) in [5.41, 5.74) is 0. The van der Waals surface area contributed by atoms with E-state index in [-0.39, 0.29) is 18.4 Å². The third kappa shape index (κ3) is 6.19. The van der Waals surface area contributed by atoms with Gasteiger partial charge in [-0.25, -0.2) is 4.79 Å². The van der Waals surface area contributed by atoms with Crippen LogP contribution in [-0.4, -0.2) is 50.6 Å². The lowest BCUT2D eigenvalue weighted by Crippen LogP contribution is -2.45. The number of nitrogens with zero attached hydrogens (tertiary/aromatic N) is 3. The van der Waals surface area contributed by atoms with Crippen molar-refractivity contribution in [2.45, 2.75) is 50.6 Å². The van der Waals surface area contributed by atoms with Gasteiger partial charge in [0, 0.05) is 13.1 Å². The first-order chi connectivity index (χ1) is 11.2. The van der Waals surface area contributed by atoms with E-state index in [1.165, 1.54) is 0 Å². The molecule has 0 bridgehead atoms. The highest BCUT2D eigenvalue weighted by Crippen LogP contribution is 2.21. The maximum absolute atomic E-state index is 12.0. The minimum atomic E-state index is -0.554. The Kier molecular flexibility index (Phi) is 7.69. The minimum Gasteiger partial charge on any atom is -0.466 e. The van der Waals surface area contributed by atoms with Crippen molar-refractivity contribution in [1.82, 2.24) is 25.4 Å². The number of carbonyl (C=O) groups is 3. The van der Waals surface area contributed by atoms with Gasteiger partial charge in [-0.05, 0) is 27.7 Å². The lowest BCUT2D eigenvalue weighted by molar-refractivity contribution is -0.142. The molecular formula is C14H23N5O4S. The van der Waals surface area contributed by atoms with Crippen molar-refractivity contribution >= 4 is 29.7 Å². The summed E-state index contributed by atoms with van der Waals surface area (Å²) in [7, 11) is 1.70. The summed E-state index contributed by atoms with van der Waals surface area (Å²) in [6, 6.07) is -0.603. The van der Waals surface area contributed by atoms with E-state index in [4.69, 9.17) is 4.74 Å². The van der Waals surface area contributed by atoms with Gasteiger partial charge >= 0.3 is 12.0 Å². The highest BCUT2D eigenvalue weighted by molar-refractivity contribution is 8.00. The van der Waals surface area contributed by atoms with Gasteiger partial charge in [-0.1, -0.05) is 11.8 Å². The Morgan fingerprint density at radius 3 is 2.50 bits per heavy atom.